The topological polar surface area (TPSA) is 50.4 Å². The molecule has 0 aromatic heterocycles. The molecule has 24 heavy (non-hydrogen) atoms. The fraction of sp³-hybridized carbons (Fsp3) is 0.650. The zero-order valence-electron chi connectivity index (χ0n) is 15.4. The highest BCUT2D eigenvalue weighted by Gasteiger charge is 2.26. The highest BCUT2D eigenvalue weighted by atomic mass is 16.5. The second-order valence-corrected chi connectivity index (χ2v) is 7.41. The van der Waals surface area contributed by atoms with Crippen molar-refractivity contribution in [2.75, 3.05) is 26.2 Å². The van der Waals surface area contributed by atoms with E-state index in [-0.39, 0.29) is 11.3 Å². The van der Waals surface area contributed by atoms with E-state index in [0.29, 0.717) is 13.0 Å². The number of amides is 1. The first kappa shape index (κ1) is 18.8. The van der Waals surface area contributed by atoms with Gasteiger partial charge >= 0.3 is 0 Å². The lowest BCUT2D eigenvalue weighted by Crippen LogP contribution is -2.42. The maximum atomic E-state index is 12.0. The van der Waals surface area contributed by atoms with Gasteiger partial charge in [-0.15, -0.1) is 0 Å². The summed E-state index contributed by atoms with van der Waals surface area (Å²) in [7, 11) is 0. The van der Waals surface area contributed by atoms with Crippen molar-refractivity contribution in [2.45, 2.75) is 52.9 Å². The van der Waals surface area contributed by atoms with Crippen LogP contribution >= 0.6 is 0 Å². The van der Waals surface area contributed by atoms with Crippen LogP contribution in [0.5, 0.6) is 5.75 Å². The van der Waals surface area contributed by atoms with Crippen LogP contribution in [0.1, 0.15) is 50.2 Å². The third kappa shape index (κ3) is 6.16. The third-order valence-electron chi connectivity index (χ3n) is 4.92. The summed E-state index contributed by atoms with van der Waals surface area (Å²) in [6, 6.07) is 6.25. The fourth-order valence-electron chi connectivity index (χ4n) is 3.04. The molecular weight excluding hydrogens is 300 g/mol. The molecule has 1 aromatic rings. The lowest BCUT2D eigenvalue weighted by Gasteiger charge is -2.34. The van der Waals surface area contributed by atoms with Crippen molar-refractivity contribution in [2.24, 2.45) is 5.41 Å². The summed E-state index contributed by atoms with van der Waals surface area (Å²) >= 11 is 0. The molecule has 1 aliphatic rings. The normalized spacial score (nSPS) is 16.6. The number of hydrogen-bond acceptors (Lipinski definition) is 3. The molecule has 134 valence electrons. The Labute approximate surface area is 146 Å². The van der Waals surface area contributed by atoms with E-state index in [1.165, 1.54) is 5.56 Å². The van der Waals surface area contributed by atoms with E-state index >= 15 is 0 Å². The van der Waals surface area contributed by atoms with E-state index in [0.717, 1.165) is 56.6 Å². The zero-order chi connectivity index (χ0) is 17.4. The molecule has 0 saturated carbocycles. The van der Waals surface area contributed by atoms with Gasteiger partial charge in [0.25, 0.3) is 0 Å². The molecule has 0 radical (unpaired) electrons. The summed E-state index contributed by atoms with van der Waals surface area (Å²) < 4.78 is 5.83. The van der Waals surface area contributed by atoms with Gasteiger partial charge in [0.15, 0.2) is 0 Å². The Hall–Kier alpha value is -1.55. The van der Waals surface area contributed by atoms with Crippen LogP contribution in [0.2, 0.25) is 0 Å². The summed E-state index contributed by atoms with van der Waals surface area (Å²) in [5, 5.41) is 6.48. The number of carbonyl (C=O) groups is 1. The van der Waals surface area contributed by atoms with Crippen LogP contribution in [0.3, 0.4) is 0 Å². The zero-order valence-corrected chi connectivity index (χ0v) is 15.4. The Morgan fingerprint density at radius 3 is 2.75 bits per heavy atom. The van der Waals surface area contributed by atoms with Crippen molar-refractivity contribution < 1.29 is 9.53 Å². The summed E-state index contributed by atoms with van der Waals surface area (Å²) in [5.41, 5.74) is 2.63. The quantitative estimate of drug-likeness (QED) is 0.718. The van der Waals surface area contributed by atoms with Gasteiger partial charge in [-0.3, -0.25) is 4.79 Å². The summed E-state index contributed by atoms with van der Waals surface area (Å²) in [6.07, 6.45) is 4.63. The second-order valence-electron chi connectivity index (χ2n) is 7.41. The Balaban J connectivity index is 1.58. The van der Waals surface area contributed by atoms with Gasteiger partial charge in [0.1, 0.15) is 5.75 Å². The van der Waals surface area contributed by atoms with Crippen molar-refractivity contribution in [1.29, 1.82) is 0 Å². The van der Waals surface area contributed by atoms with E-state index in [2.05, 4.69) is 49.6 Å². The van der Waals surface area contributed by atoms with Crippen molar-refractivity contribution in [3.05, 3.63) is 29.3 Å². The fourth-order valence-corrected chi connectivity index (χ4v) is 3.04. The van der Waals surface area contributed by atoms with Crippen molar-refractivity contribution in [3.8, 4) is 5.75 Å². The van der Waals surface area contributed by atoms with Crippen LogP contribution < -0.4 is 15.4 Å². The minimum Gasteiger partial charge on any atom is -0.493 e. The van der Waals surface area contributed by atoms with Gasteiger partial charge in [-0.1, -0.05) is 19.1 Å². The number of aryl methyl sites for hydroxylation is 2. The highest BCUT2D eigenvalue weighted by Crippen LogP contribution is 2.26. The molecule has 1 amide bonds. The molecule has 0 unspecified atom stereocenters. The van der Waals surface area contributed by atoms with Gasteiger partial charge in [-0.25, -0.2) is 0 Å². The van der Waals surface area contributed by atoms with Crippen LogP contribution in [0.15, 0.2) is 18.2 Å². The Kier molecular flexibility index (Phi) is 7.10. The number of carbonyl (C=O) groups excluding carboxylic acids is 1. The van der Waals surface area contributed by atoms with Crippen LogP contribution in [0.25, 0.3) is 0 Å². The van der Waals surface area contributed by atoms with E-state index in [9.17, 15) is 4.79 Å². The molecule has 0 bridgehead atoms. The van der Waals surface area contributed by atoms with Gasteiger partial charge in [-0.2, -0.15) is 0 Å². The van der Waals surface area contributed by atoms with Crippen LogP contribution in [0.4, 0.5) is 0 Å². The molecule has 1 fully saturated rings. The van der Waals surface area contributed by atoms with Gasteiger partial charge in [0.05, 0.1) is 6.61 Å². The molecular formula is C20H32N2O2. The van der Waals surface area contributed by atoms with Crippen LogP contribution in [0, 0.1) is 19.3 Å². The molecule has 0 aliphatic carbocycles. The lowest BCUT2D eigenvalue weighted by atomic mass is 9.81. The van der Waals surface area contributed by atoms with E-state index < -0.39 is 0 Å². The predicted molar refractivity (Wildman–Crippen MR) is 98.5 cm³/mol. The number of nitrogens with one attached hydrogen (secondary N) is 2. The Morgan fingerprint density at radius 2 is 2.00 bits per heavy atom. The minimum absolute atomic E-state index is 0.168. The second kappa shape index (κ2) is 9.07. The number of benzene rings is 1. The van der Waals surface area contributed by atoms with E-state index in [1.807, 2.05) is 0 Å². The predicted octanol–water partition coefficient (Wildman–Crippen LogP) is 3.36. The standard InChI is InChI=1S/C20H32N2O2/c1-16-7-8-17(2)18(14-16)24-13-5-4-6-19(23)22-15-20(3)9-11-21-12-10-20/h7-8,14,21H,4-6,9-13,15H2,1-3H3,(H,22,23). The Morgan fingerprint density at radius 1 is 1.25 bits per heavy atom. The number of rotatable bonds is 8. The van der Waals surface area contributed by atoms with Gasteiger partial charge < -0.3 is 15.4 Å². The molecule has 1 aromatic carbocycles. The summed E-state index contributed by atoms with van der Waals surface area (Å²) in [6.45, 7) is 9.98. The van der Waals surface area contributed by atoms with Gasteiger partial charge in [0.2, 0.25) is 5.91 Å². The van der Waals surface area contributed by atoms with Gasteiger partial charge in [-0.05, 0) is 75.2 Å². The number of hydrogen-bond donors (Lipinski definition) is 2. The summed E-state index contributed by atoms with van der Waals surface area (Å²) in [4.78, 5) is 12.0. The minimum atomic E-state index is 0.168. The first-order valence-electron chi connectivity index (χ1n) is 9.16. The smallest absolute Gasteiger partial charge is 0.220 e. The molecule has 1 saturated heterocycles. The molecule has 4 nitrogen and oxygen atoms in total. The van der Waals surface area contributed by atoms with Gasteiger partial charge in [0, 0.05) is 13.0 Å². The van der Waals surface area contributed by atoms with Crippen LogP contribution in [-0.2, 0) is 4.79 Å². The SMILES string of the molecule is Cc1ccc(C)c(OCCCCC(=O)NCC2(C)CCNCC2)c1. The Bertz CT molecular complexity index is 536. The molecule has 2 rings (SSSR count). The van der Waals surface area contributed by atoms with E-state index in [4.69, 9.17) is 4.74 Å². The monoisotopic (exact) mass is 332 g/mol. The van der Waals surface area contributed by atoms with Crippen molar-refractivity contribution in [3.63, 3.8) is 0 Å². The van der Waals surface area contributed by atoms with E-state index in [1.54, 1.807) is 0 Å². The van der Waals surface area contributed by atoms with Crippen molar-refractivity contribution >= 4 is 5.91 Å². The molecule has 0 atom stereocenters. The number of unbranched alkanes of at least 4 members (excludes halogenated alkanes) is 1. The average molecular weight is 332 g/mol. The molecule has 2 N–H and O–H groups in total. The highest BCUT2D eigenvalue weighted by molar-refractivity contribution is 5.75. The first-order chi connectivity index (χ1) is 11.5. The maximum Gasteiger partial charge on any atom is 0.220 e. The maximum absolute atomic E-state index is 12.0. The van der Waals surface area contributed by atoms with Crippen LogP contribution in [-0.4, -0.2) is 32.1 Å². The molecule has 1 aliphatic heterocycles. The average Bonchev–Trinajstić information content (AvgIpc) is 2.56. The molecule has 4 heteroatoms. The first-order valence-corrected chi connectivity index (χ1v) is 9.16. The largest absolute Gasteiger partial charge is 0.493 e. The number of piperidine rings is 1. The molecule has 0 spiro atoms. The molecule has 1 heterocycles. The lowest BCUT2D eigenvalue weighted by molar-refractivity contribution is -0.121. The third-order valence-corrected chi connectivity index (χ3v) is 4.92. The summed E-state index contributed by atoms with van der Waals surface area (Å²) in [5.74, 6) is 1.12. The number of ether oxygens (including phenoxy) is 1. The van der Waals surface area contributed by atoms with Crippen molar-refractivity contribution in [1.82, 2.24) is 10.6 Å².